The summed E-state index contributed by atoms with van der Waals surface area (Å²) >= 11 is 0. The van der Waals surface area contributed by atoms with E-state index in [2.05, 4.69) is 27.1 Å². The highest BCUT2D eigenvalue weighted by Crippen LogP contribution is 2.34. The highest BCUT2D eigenvalue weighted by Gasteiger charge is 2.31. The third kappa shape index (κ3) is 2.72. The lowest BCUT2D eigenvalue weighted by Crippen LogP contribution is -2.31. The van der Waals surface area contributed by atoms with Gasteiger partial charge in [-0.2, -0.15) is 0 Å². The van der Waals surface area contributed by atoms with E-state index >= 15 is 0 Å². The summed E-state index contributed by atoms with van der Waals surface area (Å²) in [5.41, 5.74) is 1.17. The first-order chi connectivity index (χ1) is 8.81. The molecule has 0 amide bonds. The zero-order valence-corrected chi connectivity index (χ0v) is 11.2. The summed E-state index contributed by atoms with van der Waals surface area (Å²) in [4.78, 5) is 11.0. The second-order valence-electron chi connectivity index (χ2n) is 4.67. The van der Waals surface area contributed by atoms with Gasteiger partial charge < -0.3 is 15.3 Å². The van der Waals surface area contributed by atoms with E-state index in [1.54, 1.807) is 6.33 Å². The molecule has 0 radical (unpaired) electrons. The van der Waals surface area contributed by atoms with Gasteiger partial charge in [-0.1, -0.05) is 13.3 Å². The van der Waals surface area contributed by atoms with E-state index in [1.807, 2.05) is 7.05 Å². The number of hydrogen-bond acceptors (Lipinski definition) is 5. The van der Waals surface area contributed by atoms with Crippen LogP contribution in [0.4, 0.5) is 11.6 Å². The van der Waals surface area contributed by atoms with Crippen molar-refractivity contribution in [1.82, 2.24) is 9.97 Å². The third-order valence-electron chi connectivity index (χ3n) is 3.26. The van der Waals surface area contributed by atoms with Gasteiger partial charge in [-0.15, -0.1) is 0 Å². The van der Waals surface area contributed by atoms with Crippen molar-refractivity contribution in [2.24, 2.45) is 0 Å². The molecule has 1 aliphatic carbocycles. The van der Waals surface area contributed by atoms with Crippen molar-refractivity contribution in [1.29, 1.82) is 0 Å². The van der Waals surface area contributed by atoms with Gasteiger partial charge in [0.1, 0.15) is 18.0 Å². The first kappa shape index (κ1) is 13.1. The fourth-order valence-corrected chi connectivity index (χ4v) is 2.30. The summed E-state index contributed by atoms with van der Waals surface area (Å²) in [6.07, 6.45) is 6.02. The molecule has 5 heteroatoms. The summed E-state index contributed by atoms with van der Waals surface area (Å²) in [5.74, 6) is 1.90. The molecule has 0 unspecified atom stereocenters. The van der Waals surface area contributed by atoms with Gasteiger partial charge in [0.2, 0.25) is 0 Å². The smallest absolute Gasteiger partial charge is 0.137 e. The van der Waals surface area contributed by atoms with Gasteiger partial charge in [0.15, 0.2) is 0 Å². The van der Waals surface area contributed by atoms with E-state index in [9.17, 15) is 5.11 Å². The van der Waals surface area contributed by atoms with Gasteiger partial charge >= 0.3 is 0 Å². The number of nitrogens with zero attached hydrogens (tertiary/aromatic N) is 3. The maximum Gasteiger partial charge on any atom is 0.137 e. The van der Waals surface area contributed by atoms with E-state index in [0.717, 1.165) is 24.5 Å². The zero-order valence-electron chi connectivity index (χ0n) is 11.2. The van der Waals surface area contributed by atoms with Crippen molar-refractivity contribution >= 4 is 11.6 Å². The topological polar surface area (TPSA) is 61.3 Å². The van der Waals surface area contributed by atoms with E-state index < -0.39 is 0 Å². The Morgan fingerprint density at radius 3 is 2.78 bits per heavy atom. The number of anilines is 2. The molecule has 0 bridgehead atoms. The first-order valence-electron chi connectivity index (χ1n) is 6.71. The average Bonchev–Trinajstić information content (AvgIpc) is 3.21. The quantitative estimate of drug-likeness (QED) is 0.766. The molecule has 100 valence electrons. The Morgan fingerprint density at radius 1 is 1.44 bits per heavy atom. The van der Waals surface area contributed by atoms with Gasteiger partial charge in [0.25, 0.3) is 0 Å². The van der Waals surface area contributed by atoms with E-state index in [1.165, 1.54) is 18.4 Å². The zero-order chi connectivity index (χ0) is 13.0. The lowest BCUT2D eigenvalue weighted by Gasteiger charge is -2.25. The summed E-state index contributed by atoms with van der Waals surface area (Å²) in [7, 11) is 1.89. The molecule has 2 N–H and O–H groups in total. The first-order valence-corrected chi connectivity index (χ1v) is 6.71. The second kappa shape index (κ2) is 6.00. The van der Waals surface area contributed by atoms with Gasteiger partial charge in [0, 0.05) is 25.2 Å². The van der Waals surface area contributed by atoms with Crippen LogP contribution in [0.5, 0.6) is 0 Å². The van der Waals surface area contributed by atoms with Crippen LogP contribution in [-0.4, -0.2) is 41.3 Å². The van der Waals surface area contributed by atoms with Crippen molar-refractivity contribution in [2.45, 2.75) is 38.6 Å². The molecule has 0 saturated heterocycles. The number of aliphatic hydroxyl groups excluding tert-OH is 1. The molecule has 1 aliphatic rings. The number of rotatable bonds is 7. The Labute approximate surface area is 108 Å². The van der Waals surface area contributed by atoms with Gasteiger partial charge in [-0.25, -0.2) is 9.97 Å². The monoisotopic (exact) mass is 250 g/mol. The molecule has 0 aliphatic heterocycles. The van der Waals surface area contributed by atoms with E-state index in [4.69, 9.17) is 0 Å². The predicted molar refractivity (Wildman–Crippen MR) is 73.0 cm³/mol. The number of hydrogen-bond donors (Lipinski definition) is 2. The molecular weight excluding hydrogens is 228 g/mol. The molecule has 0 spiro atoms. The fraction of sp³-hybridized carbons (Fsp3) is 0.692. The molecule has 1 saturated carbocycles. The van der Waals surface area contributed by atoms with Crippen LogP contribution in [0.2, 0.25) is 0 Å². The maximum absolute atomic E-state index is 9.22. The van der Waals surface area contributed by atoms with Crippen molar-refractivity contribution in [2.75, 3.05) is 30.4 Å². The minimum atomic E-state index is 0.168. The minimum absolute atomic E-state index is 0.168. The molecule has 1 fully saturated rings. The molecule has 1 aromatic rings. The van der Waals surface area contributed by atoms with Crippen LogP contribution in [0.1, 0.15) is 31.7 Å². The number of aliphatic hydroxyl groups is 1. The molecule has 1 aromatic heterocycles. The van der Waals surface area contributed by atoms with Gasteiger partial charge in [-0.05, 0) is 19.3 Å². The second-order valence-corrected chi connectivity index (χ2v) is 4.67. The normalized spacial score (nSPS) is 14.6. The molecule has 5 nitrogen and oxygen atoms in total. The maximum atomic E-state index is 9.22. The van der Waals surface area contributed by atoms with Crippen molar-refractivity contribution < 1.29 is 5.11 Å². The third-order valence-corrected chi connectivity index (χ3v) is 3.26. The van der Waals surface area contributed by atoms with Crippen molar-refractivity contribution in [3.8, 4) is 0 Å². The van der Waals surface area contributed by atoms with Crippen molar-refractivity contribution in [3.63, 3.8) is 0 Å². The van der Waals surface area contributed by atoms with Gasteiger partial charge in [0.05, 0.1) is 6.61 Å². The lowest BCUT2D eigenvalue weighted by atomic mass is 10.1. The van der Waals surface area contributed by atoms with Crippen LogP contribution in [0, 0.1) is 0 Å². The lowest BCUT2D eigenvalue weighted by molar-refractivity contribution is 0.301. The van der Waals surface area contributed by atoms with Gasteiger partial charge in [-0.3, -0.25) is 0 Å². The summed E-state index contributed by atoms with van der Waals surface area (Å²) in [6.45, 7) is 2.98. The van der Waals surface area contributed by atoms with Crippen LogP contribution in [0.25, 0.3) is 0 Å². The Kier molecular flexibility index (Phi) is 4.36. The molecular formula is C13H22N4O. The number of aromatic nitrogens is 2. The largest absolute Gasteiger partial charge is 0.395 e. The van der Waals surface area contributed by atoms with E-state index in [-0.39, 0.29) is 6.61 Å². The Morgan fingerprint density at radius 2 is 2.22 bits per heavy atom. The number of nitrogens with one attached hydrogen (secondary N) is 1. The van der Waals surface area contributed by atoms with Crippen LogP contribution < -0.4 is 10.2 Å². The van der Waals surface area contributed by atoms with Crippen LogP contribution in [0.3, 0.4) is 0 Å². The fourth-order valence-electron chi connectivity index (χ4n) is 2.30. The van der Waals surface area contributed by atoms with E-state index in [0.29, 0.717) is 12.6 Å². The average molecular weight is 250 g/mol. The predicted octanol–water partition coefficient (Wildman–Crippen LogP) is 1.43. The SMILES string of the molecule is CCCc1c(NC)ncnc1N(CCO)C1CC1. The summed E-state index contributed by atoms with van der Waals surface area (Å²) < 4.78 is 0. The summed E-state index contributed by atoms with van der Waals surface area (Å²) in [6, 6.07) is 0.548. The van der Waals surface area contributed by atoms with Crippen LogP contribution in [-0.2, 0) is 6.42 Å². The highest BCUT2D eigenvalue weighted by molar-refractivity contribution is 5.59. The molecule has 1 heterocycles. The Balaban J connectivity index is 2.33. The minimum Gasteiger partial charge on any atom is -0.395 e. The molecule has 0 atom stereocenters. The highest BCUT2D eigenvalue weighted by atomic mass is 16.3. The Bertz CT molecular complexity index is 393. The Hall–Kier alpha value is -1.36. The molecule has 18 heavy (non-hydrogen) atoms. The van der Waals surface area contributed by atoms with Crippen LogP contribution in [0.15, 0.2) is 6.33 Å². The standard InChI is InChI=1S/C13H22N4O/c1-3-4-11-12(14-2)15-9-16-13(11)17(7-8-18)10-5-6-10/h9-10,18H,3-8H2,1-2H3,(H,14,15,16). The molecule has 0 aromatic carbocycles. The molecule has 2 rings (SSSR count). The van der Waals surface area contributed by atoms with Crippen molar-refractivity contribution in [3.05, 3.63) is 11.9 Å². The summed E-state index contributed by atoms with van der Waals surface area (Å²) in [5, 5.41) is 12.4. The van der Waals surface area contributed by atoms with Crippen LogP contribution >= 0.6 is 0 Å².